The summed E-state index contributed by atoms with van der Waals surface area (Å²) in [4.78, 5) is 10.7. The SMILES string of the molecule is COc1ccc(NC(C)C2CCC2)c([N+](=O)[O-])c1. The van der Waals surface area contributed by atoms with Gasteiger partial charge in [0.2, 0.25) is 0 Å². The molecule has 1 saturated carbocycles. The first-order valence-electron chi connectivity index (χ1n) is 6.21. The van der Waals surface area contributed by atoms with E-state index in [-0.39, 0.29) is 16.7 Å². The lowest BCUT2D eigenvalue weighted by Crippen LogP contribution is -2.31. The zero-order valence-corrected chi connectivity index (χ0v) is 10.7. The summed E-state index contributed by atoms with van der Waals surface area (Å²) in [6.45, 7) is 2.08. The number of rotatable bonds is 5. The van der Waals surface area contributed by atoms with E-state index in [9.17, 15) is 10.1 Å². The van der Waals surface area contributed by atoms with Crippen LogP contribution in [0.25, 0.3) is 0 Å². The molecule has 1 N–H and O–H groups in total. The molecule has 1 fully saturated rings. The second kappa shape index (κ2) is 5.25. The van der Waals surface area contributed by atoms with E-state index in [2.05, 4.69) is 12.2 Å². The van der Waals surface area contributed by atoms with E-state index in [1.807, 2.05) is 0 Å². The van der Waals surface area contributed by atoms with Gasteiger partial charge in [0.1, 0.15) is 11.4 Å². The molecule has 98 valence electrons. The Hall–Kier alpha value is -1.78. The first-order valence-corrected chi connectivity index (χ1v) is 6.21. The number of hydrogen-bond acceptors (Lipinski definition) is 4. The van der Waals surface area contributed by atoms with Gasteiger partial charge in [-0.25, -0.2) is 0 Å². The van der Waals surface area contributed by atoms with E-state index in [1.165, 1.54) is 32.4 Å². The zero-order valence-electron chi connectivity index (χ0n) is 10.7. The molecule has 0 spiro atoms. The second-order valence-electron chi connectivity index (χ2n) is 4.76. The van der Waals surface area contributed by atoms with Crippen LogP contribution in [0.4, 0.5) is 11.4 Å². The van der Waals surface area contributed by atoms with Gasteiger partial charge in [0, 0.05) is 6.04 Å². The summed E-state index contributed by atoms with van der Waals surface area (Å²) >= 11 is 0. The molecule has 5 nitrogen and oxygen atoms in total. The Morgan fingerprint density at radius 2 is 2.22 bits per heavy atom. The van der Waals surface area contributed by atoms with Crippen LogP contribution in [-0.4, -0.2) is 18.1 Å². The third kappa shape index (κ3) is 2.55. The quantitative estimate of drug-likeness (QED) is 0.643. The first-order chi connectivity index (χ1) is 8.61. The van der Waals surface area contributed by atoms with E-state index in [0.29, 0.717) is 17.4 Å². The summed E-state index contributed by atoms with van der Waals surface area (Å²) in [6, 6.07) is 5.18. The molecule has 0 aromatic heterocycles. The normalized spacial score (nSPS) is 16.8. The van der Waals surface area contributed by atoms with Crippen molar-refractivity contribution < 1.29 is 9.66 Å². The molecule has 0 amide bonds. The van der Waals surface area contributed by atoms with Gasteiger partial charge in [0.15, 0.2) is 0 Å². The zero-order chi connectivity index (χ0) is 13.1. The van der Waals surface area contributed by atoms with Crippen molar-refractivity contribution >= 4 is 11.4 Å². The predicted octanol–water partition coefficient (Wildman–Crippen LogP) is 3.20. The topological polar surface area (TPSA) is 64.4 Å². The van der Waals surface area contributed by atoms with Crippen LogP contribution in [0.3, 0.4) is 0 Å². The van der Waals surface area contributed by atoms with Crippen molar-refractivity contribution in [2.75, 3.05) is 12.4 Å². The molecule has 1 unspecified atom stereocenters. The van der Waals surface area contributed by atoms with Crippen LogP contribution in [0.2, 0.25) is 0 Å². The number of methoxy groups -OCH3 is 1. The van der Waals surface area contributed by atoms with Crippen molar-refractivity contribution in [3.05, 3.63) is 28.3 Å². The number of nitro groups is 1. The van der Waals surface area contributed by atoms with E-state index in [1.54, 1.807) is 12.1 Å². The van der Waals surface area contributed by atoms with E-state index in [0.717, 1.165) is 0 Å². The molecule has 0 radical (unpaired) electrons. The third-order valence-corrected chi connectivity index (χ3v) is 3.64. The van der Waals surface area contributed by atoms with Crippen LogP contribution in [0.15, 0.2) is 18.2 Å². The molecule has 1 atom stereocenters. The number of ether oxygens (including phenoxy) is 1. The van der Waals surface area contributed by atoms with Crippen molar-refractivity contribution in [2.24, 2.45) is 5.92 Å². The predicted molar refractivity (Wildman–Crippen MR) is 70.1 cm³/mol. The monoisotopic (exact) mass is 250 g/mol. The molecule has 0 bridgehead atoms. The maximum absolute atomic E-state index is 11.0. The molecule has 1 aliphatic rings. The molecule has 1 aromatic carbocycles. The molecule has 18 heavy (non-hydrogen) atoms. The van der Waals surface area contributed by atoms with Crippen LogP contribution >= 0.6 is 0 Å². The van der Waals surface area contributed by atoms with E-state index in [4.69, 9.17) is 4.74 Å². The summed E-state index contributed by atoms with van der Waals surface area (Å²) in [5.41, 5.74) is 0.640. The van der Waals surface area contributed by atoms with Crippen LogP contribution in [0.5, 0.6) is 5.75 Å². The van der Waals surface area contributed by atoms with Crippen LogP contribution in [-0.2, 0) is 0 Å². The average molecular weight is 250 g/mol. The fraction of sp³-hybridized carbons (Fsp3) is 0.538. The fourth-order valence-electron chi connectivity index (χ4n) is 2.21. The number of hydrogen-bond donors (Lipinski definition) is 1. The Morgan fingerprint density at radius 3 is 2.72 bits per heavy atom. The smallest absolute Gasteiger partial charge is 0.296 e. The number of nitro benzene ring substituents is 1. The highest BCUT2D eigenvalue weighted by molar-refractivity contribution is 5.64. The van der Waals surface area contributed by atoms with Gasteiger partial charge in [0.25, 0.3) is 5.69 Å². The summed E-state index contributed by atoms with van der Waals surface area (Å²) in [6.07, 6.45) is 3.68. The van der Waals surface area contributed by atoms with Crippen molar-refractivity contribution in [3.8, 4) is 5.75 Å². The Kier molecular flexibility index (Phi) is 3.69. The van der Waals surface area contributed by atoms with Gasteiger partial charge in [-0.3, -0.25) is 10.1 Å². The van der Waals surface area contributed by atoms with Gasteiger partial charge in [-0.1, -0.05) is 6.42 Å². The molecular weight excluding hydrogens is 232 g/mol. The molecule has 0 heterocycles. The molecule has 0 saturated heterocycles. The number of nitrogens with zero attached hydrogens (tertiary/aromatic N) is 1. The van der Waals surface area contributed by atoms with Gasteiger partial charge in [0.05, 0.1) is 18.1 Å². The van der Waals surface area contributed by atoms with Crippen LogP contribution < -0.4 is 10.1 Å². The Balaban J connectivity index is 2.17. The molecule has 0 aliphatic heterocycles. The first kappa shape index (κ1) is 12.7. The van der Waals surface area contributed by atoms with Crippen molar-refractivity contribution in [2.45, 2.75) is 32.2 Å². The summed E-state index contributed by atoms with van der Waals surface area (Å²) < 4.78 is 5.01. The van der Waals surface area contributed by atoms with Gasteiger partial charge in [-0.2, -0.15) is 0 Å². The molecule has 5 heteroatoms. The Labute approximate surface area is 106 Å². The van der Waals surface area contributed by atoms with Crippen LogP contribution in [0.1, 0.15) is 26.2 Å². The van der Waals surface area contributed by atoms with Gasteiger partial charge in [-0.05, 0) is 37.8 Å². The van der Waals surface area contributed by atoms with Gasteiger partial charge < -0.3 is 10.1 Å². The summed E-state index contributed by atoms with van der Waals surface area (Å²) in [5, 5.41) is 14.3. The molecule has 2 rings (SSSR count). The lowest BCUT2D eigenvalue weighted by Gasteiger charge is -2.32. The van der Waals surface area contributed by atoms with Crippen molar-refractivity contribution in [1.82, 2.24) is 0 Å². The summed E-state index contributed by atoms with van der Waals surface area (Å²) in [7, 11) is 1.50. The summed E-state index contributed by atoms with van der Waals surface area (Å²) in [5.74, 6) is 1.13. The Bertz CT molecular complexity index is 444. The van der Waals surface area contributed by atoms with Gasteiger partial charge >= 0.3 is 0 Å². The van der Waals surface area contributed by atoms with Crippen LogP contribution in [0, 0.1) is 16.0 Å². The minimum atomic E-state index is -0.377. The third-order valence-electron chi connectivity index (χ3n) is 3.64. The molecule has 1 aliphatic carbocycles. The minimum Gasteiger partial charge on any atom is -0.496 e. The maximum atomic E-state index is 11.0. The highest BCUT2D eigenvalue weighted by atomic mass is 16.6. The highest BCUT2D eigenvalue weighted by Gasteiger charge is 2.25. The molecular formula is C13H18N2O3. The van der Waals surface area contributed by atoms with Crippen molar-refractivity contribution in [1.29, 1.82) is 0 Å². The van der Waals surface area contributed by atoms with Crippen molar-refractivity contribution in [3.63, 3.8) is 0 Å². The number of anilines is 1. The number of benzene rings is 1. The fourth-order valence-corrected chi connectivity index (χ4v) is 2.21. The van der Waals surface area contributed by atoms with E-state index >= 15 is 0 Å². The number of nitrogens with one attached hydrogen (secondary N) is 1. The lowest BCUT2D eigenvalue weighted by atomic mass is 9.80. The largest absolute Gasteiger partial charge is 0.496 e. The standard InChI is InChI=1S/C13H18N2O3/c1-9(10-4-3-5-10)14-12-7-6-11(18-2)8-13(12)15(16)17/h6-10,14H,3-5H2,1-2H3. The highest BCUT2D eigenvalue weighted by Crippen LogP contribution is 2.34. The van der Waals surface area contributed by atoms with Gasteiger partial charge in [-0.15, -0.1) is 0 Å². The Morgan fingerprint density at radius 1 is 1.50 bits per heavy atom. The average Bonchev–Trinajstić information content (AvgIpc) is 2.26. The second-order valence-corrected chi connectivity index (χ2v) is 4.76. The molecule has 1 aromatic rings. The lowest BCUT2D eigenvalue weighted by molar-refractivity contribution is -0.384. The van der Waals surface area contributed by atoms with E-state index < -0.39 is 0 Å². The maximum Gasteiger partial charge on any atom is 0.296 e. The minimum absolute atomic E-state index is 0.0699.